The minimum atomic E-state index is 0.198. The molecule has 5 nitrogen and oxygen atoms in total. The molecule has 0 atom stereocenters. The first-order chi connectivity index (χ1) is 11.7. The van der Waals surface area contributed by atoms with Crippen LogP contribution < -0.4 is 5.43 Å². The molecule has 4 aromatic rings. The highest BCUT2D eigenvalue weighted by Gasteiger charge is 2.07. The van der Waals surface area contributed by atoms with Crippen molar-refractivity contribution in [1.82, 2.24) is 9.55 Å². The van der Waals surface area contributed by atoms with Crippen LogP contribution in [0.2, 0.25) is 0 Å². The van der Waals surface area contributed by atoms with Crippen molar-refractivity contribution >= 4 is 34.0 Å². The van der Waals surface area contributed by atoms with E-state index >= 15 is 0 Å². The molecular formula is C19H16N4O. The van der Waals surface area contributed by atoms with Gasteiger partial charge in [0.2, 0.25) is 5.95 Å². The maximum Gasteiger partial charge on any atom is 0.224 e. The van der Waals surface area contributed by atoms with E-state index in [1.807, 2.05) is 66.2 Å². The molecule has 118 valence electrons. The molecule has 0 fully saturated rings. The van der Waals surface area contributed by atoms with Crippen molar-refractivity contribution < 1.29 is 5.11 Å². The van der Waals surface area contributed by atoms with Crippen LogP contribution in [0.15, 0.2) is 65.8 Å². The number of hydrazone groups is 1. The van der Waals surface area contributed by atoms with Crippen LogP contribution in [0.1, 0.15) is 5.56 Å². The first-order valence-corrected chi connectivity index (χ1v) is 7.65. The number of phenols is 1. The number of phenolic OH excluding ortho intramolecular Hbond substituents is 1. The van der Waals surface area contributed by atoms with E-state index in [-0.39, 0.29) is 5.75 Å². The summed E-state index contributed by atoms with van der Waals surface area (Å²) in [5, 5.41) is 16.4. The molecule has 5 heteroatoms. The summed E-state index contributed by atoms with van der Waals surface area (Å²) in [5.41, 5.74) is 5.57. The smallest absolute Gasteiger partial charge is 0.224 e. The van der Waals surface area contributed by atoms with Gasteiger partial charge >= 0.3 is 0 Å². The van der Waals surface area contributed by atoms with Gasteiger partial charge in [0.05, 0.1) is 17.2 Å². The van der Waals surface area contributed by atoms with Gasteiger partial charge in [-0.3, -0.25) is 0 Å². The van der Waals surface area contributed by atoms with Crippen molar-refractivity contribution in [1.29, 1.82) is 0 Å². The molecule has 0 unspecified atom stereocenters. The van der Waals surface area contributed by atoms with Crippen molar-refractivity contribution in [2.24, 2.45) is 12.1 Å². The number of nitrogens with zero attached hydrogens (tertiary/aromatic N) is 3. The molecule has 0 aliphatic rings. The highest BCUT2D eigenvalue weighted by atomic mass is 16.3. The van der Waals surface area contributed by atoms with Crippen molar-refractivity contribution in [3.63, 3.8) is 0 Å². The Kier molecular flexibility index (Phi) is 3.39. The largest absolute Gasteiger partial charge is 0.507 e. The number of imidazole rings is 1. The van der Waals surface area contributed by atoms with Crippen molar-refractivity contribution in [2.75, 3.05) is 5.43 Å². The zero-order valence-corrected chi connectivity index (χ0v) is 13.1. The van der Waals surface area contributed by atoms with Gasteiger partial charge in [-0.15, -0.1) is 0 Å². The molecule has 0 amide bonds. The molecule has 0 saturated carbocycles. The van der Waals surface area contributed by atoms with Crippen LogP contribution in [0.25, 0.3) is 21.8 Å². The number of hydrogen-bond donors (Lipinski definition) is 2. The summed E-state index contributed by atoms with van der Waals surface area (Å²) in [5.74, 6) is 0.844. The van der Waals surface area contributed by atoms with Crippen LogP contribution in [0.4, 0.5) is 5.95 Å². The first-order valence-electron chi connectivity index (χ1n) is 7.65. The molecule has 1 aromatic heterocycles. The maximum atomic E-state index is 10.1. The highest BCUT2D eigenvalue weighted by Crippen LogP contribution is 2.25. The Morgan fingerprint density at radius 3 is 2.71 bits per heavy atom. The van der Waals surface area contributed by atoms with E-state index < -0.39 is 0 Å². The number of anilines is 1. The predicted octanol–water partition coefficient (Wildman–Crippen LogP) is 3.88. The molecule has 3 aromatic carbocycles. The third kappa shape index (κ3) is 2.36. The van der Waals surface area contributed by atoms with Gasteiger partial charge in [0.25, 0.3) is 0 Å². The van der Waals surface area contributed by atoms with E-state index in [1.165, 1.54) is 0 Å². The average Bonchev–Trinajstić information content (AvgIpc) is 2.93. The minimum Gasteiger partial charge on any atom is -0.507 e. The number of fused-ring (bicyclic) bond motifs is 2. The summed E-state index contributed by atoms with van der Waals surface area (Å²) in [6.45, 7) is 0. The SMILES string of the molecule is Cn1c(N/N=C\c2c(O)ccc3ccccc23)nc2ccccc21. The number of benzene rings is 3. The van der Waals surface area contributed by atoms with E-state index in [2.05, 4.69) is 15.5 Å². The topological polar surface area (TPSA) is 62.4 Å². The van der Waals surface area contributed by atoms with Crippen LogP contribution in [0.5, 0.6) is 5.75 Å². The average molecular weight is 316 g/mol. The fourth-order valence-corrected chi connectivity index (χ4v) is 2.82. The standard InChI is InChI=1S/C19H16N4O/c1-23-17-9-5-4-8-16(17)21-19(23)22-20-12-15-14-7-3-2-6-13(14)10-11-18(15)24/h2-12,24H,1H3,(H,21,22)/b20-12-. The number of nitrogens with one attached hydrogen (secondary N) is 1. The second-order valence-electron chi connectivity index (χ2n) is 5.57. The number of aromatic hydroxyl groups is 1. The Hall–Kier alpha value is -3.34. The monoisotopic (exact) mass is 316 g/mol. The Bertz CT molecular complexity index is 1070. The zero-order valence-electron chi connectivity index (χ0n) is 13.1. The third-order valence-corrected chi connectivity index (χ3v) is 4.09. The third-order valence-electron chi connectivity index (χ3n) is 4.09. The van der Waals surface area contributed by atoms with Gasteiger partial charge in [-0.25, -0.2) is 10.4 Å². The molecule has 4 rings (SSSR count). The molecular weight excluding hydrogens is 300 g/mol. The quantitative estimate of drug-likeness (QED) is 0.445. The van der Waals surface area contributed by atoms with Gasteiger partial charge < -0.3 is 9.67 Å². The van der Waals surface area contributed by atoms with Crippen molar-refractivity contribution in [3.8, 4) is 5.75 Å². The molecule has 24 heavy (non-hydrogen) atoms. The first kappa shape index (κ1) is 14.3. The predicted molar refractivity (Wildman–Crippen MR) is 97.5 cm³/mol. The molecule has 0 radical (unpaired) electrons. The molecule has 2 N–H and O–H groups in total. The van der Waals surface area contributed by atoms with E-state index in [9.17, 15) is 5.11 Å². The number of aryl methyl sites for hydroxylation is 1. The number of hydrogen-bond acceptors (Lipinski definition) is 4. The zero-order chi connectivity index (χ0) is 16.5. The lowest BCUT2D eigenvalue weighted by molar-refractivity contribution is 0.475. The summed E-state index contributed by atoms with van der Waals surface area (Å²) < 4.78 is 1.94. The lowest BCUT2D eigenvalue weighted by atomic mass is 10.0. The Balaban J connectivity index is 1.68. The van der Waals surface area contributed by atoms with Crippen LogP contribution in [-0.2, 0) is 7.05 Å². The Morgan fingerprint density at radius 2 is 1.83 bits per heavy atom. The van der Waals surface area contributed by atoms with Gasteiger partial charge in [-0.1, -0.05) is 42.5 Å². The number of aromatic nitrogens is 2. The van der Waals surface area contributed by atoms with E-state index in [0.717, 1.165) is 21.8 Å². The van der Waals surface area contributed by atoms with Gasteiger partial charge in [0, 0.05) is 12.6 Å². The maximum absolute atomic E-state index is 10.1. The van der Waals surface area contributed by atoms with Crippen molar-refractivity contribution in [2.45, 2.75) is 0 Å². The molecule has 0 aliphatic carbocycles. The summed E-state index contributed by atoms with van der Waals surface area (Å²) in [4.78, 5) is 4.50. The fourth-order valence-electron chi connectivity index (χ4n) is 2.82. The Morgan fingerprint density at radius 1 is 1.04 bits per heavy atom. The van der Waals surface area contributed by atoms with E-state index in [0.29, 0.717) is 11.5 Å². The second kappa shape index (κ2) is 5.70. The molecule has 0 spiro atoms. The van der Waals surface area contributed by atoms with Crippen LogP contribution in [0.3, 0.4) is 0 Å². The molecule has 0 bridgehead atoms. The minimum absolute atomic E-state index is 0.198. The summed E-state index contributed by atoms with van der Waals surface area (Å²) in [6.07, 6.45) is 1.62. The second-order valence-corrected chi connectivity index (χ2v) is 5.57. The van der Waals surface area contributed by atoms with E-state index in [1.54, 1.807) is 12.3 Å². The summed E-state index contributed by atoms with van der Waals surface area (Å²) >= 11 is 0. The van der Waals surface area contributed by atoms with Gasteiger partial charge in [0.15, 0.2) is 0 Å². The summed E-state index contributed by atoms with van der Waals surface area (Å²) in [6, 6.07) is 19.3. The molecule has 1 heterocycles. The summed E-state index contributed by atoms with van der Waals surface area (Å²) in [7, 11) is 1.93. The number of rotatable bonds is 3. The fraction of sp³-hybridized carbons (Fsp3) is 0.0526. The van der Waals surface area contributed by atoms with Gasteiger partial charge in [-0.2, -0.15) is 5.10 Å². The lowest BCUT2D eigenvalue weighted by Crippen LogP contribution is -1.99. The van der Waals surface area contributed by atoms with E-state index in [4.69, 9.17) is 0 Å². The van der Waals surface area contributed by atoms with Gasteiger partial charge in [-0.05, 0) is 29.0 Å². The van der Waals surface area contributed by atoms with Crippen LogP contribution in [-0.4, -0.2) is 20.9 Å². The lowest BCUT2D eigenvalue weighted by Gasteiger charge is -2.05. The number of para-hydroxylation sites is 2. The highest BCUT2D eigenvalue weighted by molar-refractivity contribution is 6.02. The Labute approximate surface area is 138 Å². The molecule has 0 aliphatic heterocycles. The normalized spacial score (nSPS) is 11.5. The van der Waals surface area contributed by atoms with Crippen molar-refractivity contribution in [3.05, 3.63) is 66.2 Å². The van der Waals surface area contributed by atoms with Crippen LogP contribution >= 0.6 is 0 Å². The van der Waals surface area contributed by atoms with Gasteiger partial charge in [0.1, 0.15) is 5.75 Å². The van der Waals surface area contributed by atoms with Crippen LogP contribution in [0, 0.1) is 0 Å². The molecule has 0 saturated heterocycles.